The average Bonchev–Trinajstić information content (AvgIpc) is 2.77. The number of unbranched alkanes of at least 4 members (excludes halogenated alkanes) is 1. The van der Waals surface area contributed by atoms with Gasteiger partial charge >= 0.3 is 0 Å². The number of rotatable bonds is 11. The molecule has 2 aromatic carbocycles. The van der Waals surface area contributed by atoms with E-state index in [9.17, 15) is 9.59 Å². The van der Waals surface area contributed by atoms with Crippen LogP contribution in [-0.2, 0) is 16.1 Å². The number of carbonyl (C=O) groups excluding carboxylic acids is 2. The lowest BCUT2D eigenvalue weighted by Crippen LogP contribution is -2.49. The molecule has 2 rings (SSSR count). The van der Waals surface area contributed by atoms with Gasteiger partial charge in [0, 0.05) is 13.1 Å². The Kier molecular flexibility index (Phi) is 9.57. The van der Waals surface area contributed by atoms with Gasteiger partial charge in [0.1, 0.15) is 11.8 Å². The van der Waals surface area contributed by atoms with Crippen LogP contribution in [0.5, 0.6) is 5.75 Å². The number of hydrogen-bond acceptors (Lipinski definition) is 3. The molecular formula is C26H36N2O3. The molecule has 0 aliphatic rings. The number of aryl methyl sites for hydroxylation is 1. The molecule has 0 radical (unpaired) electrons. The minimum absolute atomic E-state index is 0.112. The highest BCUT2D eigenvalue weighted by Gasteiger charge is 2.26. The van der Waals surface area contributed by atoms with Crippen molar-refractivity contribution in [2.75, 3.05) is 13.2 Å². The van der Waals surface area contributed by atoms with E-state index in [2.05, 4.69) is 26.1 Å². The summed E-state index contributed by atoms with van der Waals surface area (Å²) in [5.41, 5.74) is 3.35. The van der Waals surface area contributed by atoms with Crippen LogP contribution < -0.4 is 10.1 Å². The molecule has 2 amide bonds. The first-order valence-corrected chi connectivity index (χ1v) is 11.2. The van der Waals surface area contributed by atoms with Gasteiger partial charge in [0.15, 0.2) is 6.61 Å². The predicted molar refractivity (Wildman–Crippen MR) is 125 cm³/mol. The van der Waals surface area contributed by atoms with Gasteiger partial charge in [-0.3, -0.25) is 9.59 Å². The molecule has 0 saturated heterocycles. The van der Waals surface area contributed by atoms with Gasteiger partial charge in [0.05, 0.1) is 0 Å². The second kappa shape index (κ2) is 12.1. The molecule has 5 nitrogen and oxygen atoms in total. The van der Waals surface area contributed by atoms with Gasteiger partial charge in [-0.2, -0.15) is 0 Å². The molecule has 1 N–H and O–H groups in total. The molecule has 0 saturated carbocycles. The molecule has 5 heteroatoms. The van der Waals surface area contributed by atoms with E-state index in [4.69, 9.17) is 4.74 Å². The van der Waals surface area contributed by atoms with Gasteiger partial charge in [-0.1, -0.05) is 69.2 Å². The fraction of sp³-hybridized carbons (Fsp3) is 0.462. The van der Waals surface area contributed by atoms with Gasteiger partial charge in [0.2, 0.25) is 5.91 Å². The van der Waals surface area contributed by atoms with Crippen LogP contribution in [0.4, 0.5) is 0 Å². The molecule has 0 aromatic heterocycles. The number of amides is 2. The Labute approximate surface area is 186 Å². The van der Waals surface area contributed by atoms with Crippen molar-refractivity contribution in [3.8, 4) is 5.75 Å². The normalized spacial score (nSPS) is 11.8. The number of benzene rings is 2. The maximum atomic E-state index is 13.1. The van der Waals surface area contributed by atoms with E-state index in [0.717, 1.165) is 24.0 Å². The molecule has 0 heterocycles. The molecule has 0 aliphatic heterocycles. The van der Waals surface area contributed by atoms with Crippen molar-refractivity contribution in [3.05, 3.63) is 65.2 Å². The molecule has 0 aliphatic carbocycles. The molecule has 0 bridgehead atoms. The second-order valence-corrected chi connectivity index (χ2v) is 8.34. The number of hydrogen-bond donors (Lipinski definition) is 1. The summed E-state index contributed by atoms with van der Waals surface area (Å²) in [6.07, 6.45) is 1.92. The Balaban J connectivity index is 2.08. The zero-order chi connectivity index (χ0) is 22.8. The van der Waals surface area contributed by atoms with Crippen LogP contribution in [0.15, 0.2) is 48.5 Å². The number of nitrogens with zero attached hydrogens (tertiary/aromatic N) is 1. The minimum Gasteiger partial charge on any atom is -0.484 e. The molecular weight excluding hydrogens is 388 g/mol. The average molecular weight is 425 g/mol. The van der Waals surface area contributed by atoms with E-state index in [-0.39, 0.29) is 18.4 Å². The lowest BCUT2D eigenvalue weighted by molar-refractivity contribution is -0.142. The fourth-order valence-corrected chi connectivity index (χ4v) is 3.19. The highest BCUT2D eigenvalue weighted by atomic mass is 16.5. The predicted octanol–water partition coefficient (Wildman–Crippen LogP) is 4.83. The summed E-state index contributed by atoms with van der Waals surface area (Å²) in [6.45, 7) is 11.0. The highest BCUT2D eigenvalue weighted by molar-refractivity contribution is 5.87. The lowest BCUT2D eigenvalue weighted by atomic mass is 10.0. The second-order valence-electron chi connectivity index (χ2n) is 8.34. The number of ether oxygens (including phenoxy) is 1. The third kappa shape index (κ3) is 7.74. The molecule has 0 fully saturated rings. The van der Waals surface area contributed by atoms with Crippen molar-refractivity contribution in [2.24, 2.45) is 0 Å². The van der Waals surface area contributed by atoms with E-state index >= 15 is 0 Å². The Morgan fingerprint density at radius 2 is 1.65 bits per heavy atom. The van der Waals surface area contributed by atoms with Crippen LogP contribution >= 0.6 is 0 Å². The maximum absolute atomic E-state index is 13.1. The summed E-state index contributed by atoms with van der Waals surface area (Å²) in [6, 6.07) is 15.2. The molecule has 0 spiro atoms. The summed E-state index contributed by atoms with van der Waals surface area (Å²) in [5.74, 6) is 0.725. The monoisotopic (exact) mass is 424 g/mol. The largest absolute Gasteiger partial charge is 0.484 e. The Bertz CT molecular complexity index is 829. The molecule has 1 atom stereocenters. The first-order valence-electron chi connectivity index (χ1n) is 11.2. The first-order chi connectivity index (χ1) is 14.8. The Hall–Kier alpha value is -2.82. The van der Waals surface area contributed by atoms with Crippen LogP contribution in [0.25, 0.3) is 0 Å². The number of carbonyl (C=O) groups is 2. The van der Waals surface area contributed by atoms with Crippen LogP contribution in [0.2, 0.25) is 0 Å². The van der Waals surface area contributed by atoms with Gasteiger partial charge < -0.3 is 15.0 Å². The summed E-state index contributed by atoms with van der Waals surface area (Å²) in [4.78, 5) is 27.3. The lowest BCUT2D eigenvalue weighted by Gasteiger charge is -2.29. The SMILES string of the molecule is CCCCNC(=O)[C@@H](C)N(Cc1ccc(C)cc1)C(=O)COc1ccc(C(C)C)cc1. The summed E-state index contributed by atoms with van der Waals surface area (Å²) >= 11 is 0. The van der Waals surface area contributed by atoms with Crippen LogP contribution in [-0.4, -0.2) is 35.9 Å². The van der Waals surface area contributed by atoms with E-state index in [0.29, 0.717) is 24.8 Å². The van der Waals surface area contributed by atoms with Crippen LogP contribution in [0, 0.1) is 6.92 Å². The van der Waals surface area contributed by atoms with Crippen molar-refractivity contribution >= 4 is 11.8 Å². The van der Waals surface area contributed by atoms with Crippen LogP contribution in [0.1, 0.15) is 63.1 Å². The zero-order valence-electron chi connectivity index (χ0n) is 19.5. The zero-order valence-corrected chi connectivity index (χ0v) is 19.5. The van der Waals surface area contributed by atoms with Crippen molar-refractivity contribution in [2.45, 2.75) is 66.0 Å². The topological polar surface area (TPSA) is 58.6 Å². The standard InChI is InChI=1S/C26H36N2O3/c1-6-7-16-27-26(30)21(5)28(17-22-10-8-20(4)9-11-22)25(29)18-31-24-14-12-23(13-15-24)19(2)3/h8-15,19,21H,6-7,16-18H2,1-5H3,(H,27,30)/t21-/m1/s1. The third-order valence-corrected chi connectivity index (χ3v) is 5.38. The van der Waals surface area contributed by atoms with Crippen molar-refractivity contribution in [1.82, 2.24) is 10.2 Å². The summed E-state index contributed by atoms with van der Waals surface area (Å²) < 4.78 is 5.75. The van der Waals surface area contributed by atoms with Gasteiger partial charge in [-0.05, 0) is 49.4 Å². The van der Waals surface area contributed by atoms with Gasteiger partial charge in [0.25, 0.3) is 5.91 Å². The highest BCUT2D eigenvalue weighted by Crippen LogP contribution is 2.19. The minimum atomic E-state index is -0.586. The van der Waals surface area contributed by atoms with Gasteiger partial charge in [-0.25, -0.2) is 0 Å². The fourth-order valence-electron chi connectivity index (χ4n) is 3.19. The molecule has 0 unspecified atom stereocenters. The quantitative estimate of drug-likeness (QED) is 0.526. The van der Waals surface area contributed by atoms with E-state index in [1.807, 2.05) is 55.5 Å². The Morgan fingerprint density at radius 3 is 2.23 bits per heavy atom. The maximum Gasteiger partial charge on any atom is 0.261 e. The summed E-state index contributed by atoms with van der Waals surface area (Å²) in [7, 11) is 0. The number of nitrogens with one attached hydrogen (secondary N) is 1. The molecule has 2 aromatic rings. The van der Waals surface area contributed by atoms with Crippen LogP contribution in [0.3, 0.4) is 0 Å². The van der Waals surface area contributed by atoms with E-state index in [1.54, 1.807) is 11.8 Å². The van der Waals surface area contributed by atoms with E-state index < -0.39 is 6.04 Å². The van der Waals surface area contributed by atoms with Crippen molar-refractivity contribution in [3.63, 3.8) is 0 Å². The molecule has 168 valence electrons. The van der Waals surface area contributed by atoms with Gasteiger partial charge in [-0.15, -0.1) is 0 Å². The molecule has 31 heavy (non-hydrogen) atoms. The smallest absolute Gasteiger partial charge is 0.261 e. The third-order valence-electron chi connectivity index (χ3n) is 5.38. The van der Waals surface area contributed by atoms with Crippen molar-refractivity contribution < 1.29 is 14.3 Å². The first kappa shape index (κ1) is 24.4. The van der Waals surface area contributed by atoms with Crippen molar-refractivity contribution in [1.29, 1.82) is 0 Å². The van der Waals surface area contributed by atoms with E-state index in [1.165, 1.54) is 5.56 Å². The Morgan fingerprint density at radius 1 is 1.00 bits per heavy atom. The summed E-state index contributed by atoms with van der Waals surface area (Å²) in [5, 5.41) is 2.93.